The Morgan fingerprint density at radius 3 is 2.63 bits per heavy atom. The van der Waals surface area contributed by atoms with Crippen LogP contribution in [0.4, 0.5) is 5.69 Å². The molecule has 182 valence electrons. The summed E-state index contributed by atoms with van der Waals surface area (Å²) in [7, 11) is 3.64. The van der Waals surface area contributed by atoms with Crippen molar-refractivity contribution in [1.82, 2.24) is 19.8 Å². The summed E-state index contributed by atoms with van der Waals surface area (Å²) in [5.74, 6) is 1.12. The Hall–Kier alpha value is -3.30. The van der Waals surface area contributed by atoms with E-state index in [-0.39, 0.29) is 11.8 Å². The first-order valence-electron chi connectivity index (χ1n) is 11.9. The highest BCUT2D eigenvalue weighted by Crippen LogP contribution is 2.34. The summed E-state index contributed by atoms with van der Waals surface area (Å²) in [6.07, 6.45) is 6.32. The van der Waals surface area contributed by atoms with Crippen molar-refractivity contribution in [2.24, 2.45) is 5.92 Å². The Kier molecular flexibility index (Phi) is 6.79. The maximum absolute atomic E-state index is 13.1. The van der Waals surface area contributed by atoms with Gasteiger partial charge in [0.25, 0.3) is 5.91 Å². The number of carbonyl (C=O) groups excluding carboxylic acids is 2. The van der Waals surface area contributed by atoms with Gasteiger partial charge in [-0.1, -0.05) is 6.07 Å². The van der Waals surface area contributed by atoms with Gasteiger partial charge in [0.1, 0.15) is 5.75 Å². The number of hydrogen-bond donors (Lipinski definition) is 1. The lowest BCUT2D eigenvalue weighted by atomic mass is 10.1. The highest BCUT2D eigenvalue weighted by Gasteiger charge is 2.25. The molecule has 9 heteroatoms. The van der Waals surface area contributed by atoms with Gasteiger partial charge in [-0.2, -0.15) is 0 Å². The normalized spacial score (nSPS) is 16.2. The largest absolute Gasteiger partial charge is 0.496 e. The molecule has 2 aliphatic rings. The number of rotatable bonds is 7. The summed E-state index contributed by atoms with van der Waals surface area (Å²) >= 11 is 1.52. The lowest BCUT2D eigenvalue weighted by molar-refractivity contribution is -0.116. The number of hydrogen-bond acceptors (Lipinski definition) is 7. The fourth-order valence-corrected chi connectivity index (χ4v) is 4.96. The van der Waals surface area contributed by atoms with E-state index in [4.69, 9.17) is 9.72 Å². The number of nitrogens with zero attached hydrogens (tertiary/aromatic N) is 4. The number of nitrogens with one attached hydrogen (secondary N) is 1. The monoisotopic (exact) mass is 491 g/mol. The third kappa shape index (κ3) is 5.52. The van der Waals surface area contributed by atoms with Crippen molar-refractivity contribution in [2.45, 2.75) is 19.3 Å². The van der Waals surface area contributed by atoms with Crippen LogP contribution in [0.25, 0.3) is 21.8 Å². The third-order valence-electron chi connectivity index (χ3n) is 6.46. The van der Waals surface area contributed by atoms with Gasteiger partial charge in [0, 0.05) is 43.5 Å². The Balaban J connectivity index is 1.33. The molecule has 1 N–H and O–H groups in total. The molecule has 1 aromatic carbocycles. The molecule has 8 nitrogen and oxygen atoms in total. The minimum Gasteiger partial charge on any atom is -0.496 e. The van der Waals surface area contributed by atoms with Crippen LogP contribution in [0, 0.1) is 5.92 Å². The number of methoxy groups -OCH3 is 1. The molecule has 1 saturated heterocycles. The van der Waals surface area contributed by atoms with Gasteiger partial charge in [-0.15, -0.1) is 11.3 Å². The number of benzene rings is 1. The standard InChI is InChI=1S/C26H29N5O3S/c1-30-7-9-31(10-8-30)26(33)20-6-5-18(12-23(20)34-2)21-14-27-15-22(29-21)24-13-19(16-35-24)28-25(32)11-17-3-4-17/h5-6,12-17H,3-4,7-11H2,1-2H3,(H,28,32). The van der Waals surface area contributed by atoms with Crippen LogP contribution in [0.5, 0.6) is 5.75 Å². The summed E-state index contributed by atoms with van der Waals surface area (Å²) in [6, 6.07) is 7.47. The average Bonchev–Trinajstić information content (AvgIpc) is 3.57. The van der Waals surface area contributed by atoms with Crippen LogP contribution in [-0.2, 0) is 4.79 Å². The van der Waals surface area contributed by atoms with Crippen molar-refractivity contribution in [3.8, 4) is 27.6 Å². The first-order valence-corrected chi connectivity index (χ1v) is 12.7. The highest BCUT2D eigenvalue weighted by atomic mass is 32.1. The molecule has 2 fully saturated rings. The molecule has 35 heavy (non-hydrogen) atoms. The van der Waals surface area contributed by atoms with E-state index < -0.39 is 0 Å². The second-order valence-electron chi connectivity index (χ2n) is 9.20. The second-order valence-corrected chi connectivity index (χ2v) is 10.1. The van der Waals surface area contributed by atoms with E-state index in [0.29, 0.717) is 42.4 Å². The van der Waals surface area contributed by atoms with Gasteiger partial charge in [-0.25, -0.2) is 4.98 Å². The van der Waals surface area contributed by atoms with Crippen LogP contribution in [0.1, 0.15) is 29.6 Å². The predicted molar refractivity (Wildman–Crippen MR) is 137 cm³/mol. The molecule has 2 aromatic heterocycles. The van der Waals surface area contributed by atoms with E-state index >= 15 is 0 Å². The molecule has 1 aliphatic carbocycles. The van der Waals surface area contributed by atoms with Crippen LogP contribution >= 0.6 is 11.3 Å². The van der Waals surface area contributed by atoms with Crippen molar-refractivity contribution in [3.63, 3.8) is 0 Å². The minimum absolute atomic E-state index is 0.0174. The van der Waals surface area contributed by atoms with E-state index in [1.165, 1.54) is 11.3 Å². The number of anilines is 1. The lowest BCUT2D eigenvalue weighted by Crippen LogP contribution is -2.47. The molecular weight excluding hydrogens is 462 g/mol. The summed E-state index contributed by atoms with van der Waals surface area (Å²) in [4.78, 5) is 39.4. The Morgan fingerprint density at radius 2 is 1.89 bits per heavy atom. The third-order valence-corrected chi connectivity index (χ3v) is 7.41. The zero-order valence-electron chi connectivity index (χ0n) is 20.0. The van der Waals surface area contributed by atoms with E-state index in [2.05, 4.69) is 22.2 Å². The molecule has 0 bridgehead atoms. The molecular formula is C26H29N5O3S. The topological polar surface area (TPSA) is 87.7 Å². The molecule has 3 heterocycles. The molecule has 0 spiro atoms. The summed E-state index contributed by atoms with van der Waals surface area (Å²) in [5, 5.41) is 4.91. The van der Waals surface area contributed by atoms with Crippen molar-refractivity contribution in [2.75, 3.05) is 45.7 Å². The van der Waals surface area contributed by atoms with Gasteiger partial charge >= 0.3 is 0 Å². The van der Waals surface area contributed by atoms with Gasteiger partial charge < -0.3 is 19.9 Å². The Morgan fingerprint density at radius 1 is 1.11 bits per heavy atom. The number of carbonyl (C=O) groups is 2. The van der Waals surface area contributed by atoms with Gasteiger partial charge in [0.2, 0.25) is 5.91 Å². The molecule has 0 radical (unpaired) electrons. The van der Waals surface area contributed by atoms with Crippen molar-refractivity contribution >= 4 is 28.8 Å². The van der Waals surface area contributed by atoms with Crippen molar-refractivity contribution in [1.29, 1.82) is 0 Å². The summed E-state index contributed by atoms with van der Waals surface area (Å²) in [6.45, 7) is 3.14. The minimum atomic E-state index is -0.0174. The highest BCUT2D eigenvalue weighted by molar-refractivity contribution is 7.14. The molecule has 3 aromatic rings. The lowest BCUT2D eigenvalue weighted by Gasteiger charge is -2.32. The summed E-state index contributed by atoms with van der Waals surface area (Å²) < 4.78 is 5.58. The van der Waals surface area contributed by atoms with E-state index in [9.17, 15) is 9.59 Å². The Bertz CT molecular complexity index is 1230. The average molecular weight is 492 g/mol. The molecule has 5 rings (SSSR count). The van der Waals surface area contributed by atoms with Gasteiger partial charge in [-0.3, -0.25) is 14.6 Å². The number of likely N-dealkylation sites (N-methyl/N-ethyl adjacent to an activating group) is 1. The van der Waals surface area contributed by atoms with Crippen LogP contribution in [0.15, 0.2) is 42.0 Å². The van der Waals surface area contributed by atoms with Crippen molar-refractivity contribution in [3.05, 3.63) is 47.6 Å². The van der Waals surface area contributed by atoms with Crippen molar-refractivity contribution < 1.29 is 14.3 Å². The van der Waals surface area contributed by atoms with E-state index in [0.717, 1.165) is 47.8 Å². The van der Waals surface area contributed by atoms with E-state index in [1.807, 2.05) is 34.5 Å². The van der Waals surface area contributed by atoms with Gasteiger partial charge in [-0.05, 0) is 44.0 Å². The number of ether oxygens (including phenoxy) is 1. The zero-order valence-corrected chi connectivity index (χ0v) is 20.8. The SMILES string of the molecule is COc1cc(-c2cncc(-c3cc(NC(=O)CC4CC4)cs3)n2)ccc1C(=O)N1CCN(C)CC1. The molecule has 1 aliphatic heterocycles. The first-order chi connectivity index (χ1) is 17.0. The quantitative estimate of drug-likeness (QED) is 0.537. The number of piperazine rings is 1. The fourth-order valence-electron chi connectivity index (χ4n) is 4.16. The maximum atomic E-state index is 13.1. The zero-order chi connectivity index (χ0) is 24.4. The van der Waals surface area contributed by atoms with Gasteiger partial charge in [0.15, 0.2) is 0 Å². The van der Waals surface area contributed by atoms with Gasteiger partial charge in [0.05, 0.1) is 47.0 Å². The smallest absolute Gasteiger partial charge is 0.257 e. The second kappa shape index (κ2) is 10.1. The first kappa shape index (κ1) is 23.4. The molecule has 0 unspecified atom stereocenters. The number of amides is 2. The predicted octanol–water partition coefficient (Wildman–Crippen LogP) is 4.01. The number of thiophene rings is 1. The molecule has 2 amide bonds. The Labute approximate surface area is 208 Å². The fraction of sp³-hybridized carbons (Fsp3) is 0.385. The van der Waals surface area contributed by atoms with Crippen LogP contribution < -0.4 is 10.1 Å². The van der Waals surface area contributed by atoms with Crippen LogP contribution in [0.2, 0.25) is 0 Å². The van der Waals surface area contributed by atoms with E-state index in [1.54, 1.807) is 19.5 Å². The molecule has 1 saturated carbocycles. The summed E-state index contributed by atoms with van der Waals surface area (Å²) in [5.41, 5.74) is 3.57. The number of aromatic nitrogens is 2. The van der Waals surface area contributed by atoms with Crippen LogP contribution in [-0.4, -0.2) is 71.9 Å². The molecule has 0 atom stereocenters. The maximum Gasteiger partial charge on any atom is 0.257 e. The van der Waals surface area contributed by atoms with Crippen LogP contribution in [0.3, 0.4) is 0 Å².